The van der Waals surface area contributed by atoms with Gasteiger partial charge in [-0.25, -0.2) is 4.68 Å². The first-order chi connectivity index (χ1) is 19.2. The van der Waals surface area contributed by atoms with Crippen molar-refractivity contribution in [3.63, 3.8) is 0 Å². The minimum absolute atomic E-state index is 0.0134. The molecule has 40 heavy (non-hydrogen) atoms. The zero-order chi connectivity index (χ0) is 28.4. The molecule has 2 atom stereocenters. The van der Waals surface area contributed by atoms with Crippen LogP contribution in [0, 0.1) is 0 Å². The monoisotopic (exact) mass is 582 g/mol. The molecule has 0 unspecified atom stereocenters. The fourth-order valence-electron chi connectivity index (χ4n) is 5.14. The summed E-state index contributed by atoms with van der Waals surface area (Å²) in [5, 5.41) is 8.51. The van der Waals surface area contributed by atoms with E-state index in [0.717, 1.165) is 35.3 Å². The second-order valence-corrected chi connectivity index (χ2v) is 12.6. The summed E-state index contributed by atoms with van der Waals surface area (Å²) in [7, 11) is 1.62. The second kappa shape index (κ2) is 11.8. The number of nitrogens with one attached hydrogen (secondary N) is 1. The van der Waals surface area contributed by atoms with Crippen LogP contribution in [-0.4, -0.2) is 60.3 Å². The number of carbonyl (C=O) groups is 2. The number of fused-ring (bicyclic) bond motifs is 1. The van der Waals surface area contributed by atoms with Crippen LogP contribution in [0.3, 0.4) is 0 Å². The Morgan fingerprint density at radius 1 is 1.23 bits per heavy atom. The molecule has 0 radical (unpaired) electrons. The van der Waals surface area contributed by atoms with E-state index in [1.165, 1.54) is 11.8 Å². The Kier molecular flexibility index (Phi) is 8.44. The zero-order valence-electron chi connectivity index (χ0n) is 23.3. The van der Waals surface area contributed by atoms with E-state index < -0.39 is 0 Å². The van der Waals surface area contributed by atoms with Crippen molar-refractivity contribution in [1.29, 1.82) is 0 Å². The van der Waals surface area contributed by atoms with Gasteiger partial charge in [-0.3, -0.25) is 14.5 Å². The fourth-order valence-corrected chi connectivity index (χ4v) is 6.53. The summed E-state index contributed by atoms with van der Waals surface area (Å²) in [5.74, 6) is 1.13. The molecular formula is C30H35ClN4O4S. The van der Waals surface area contributed by atoms with Crippen LogP contribution in [-0.2, 0) is 19.7 Å². The molecular weight excluding hydrogens is 548 g/mol. The summed E-state index contributed by atoms with van der Waals surface area (Å²) in [6, 6.07) is 15.3. The van der Waals surface area contributed by atoms with E-state index in [9.17, 15) is 9.59 Å². The van der Waals surface area contributed by atoms with Crippen molar-refractivity contribution < 1.29 is 19.1 Å². The Balaban J connectivity index is 1.65. The highest BCUT2D eigenvalue weighted by molar-refractivity contribution is 8.00. The third-order valence-corrected chi connectivity index (χ3v) is 8.61. The number of ether oxygens (including phenoxy) is 2. The van der Waals surface area contributed by atoms with Gasteiger partial charge in [0, 0.05) is 29.2 Å². The lowest BCUT2D eigenvalue weighted by atomic mass is 9.87. The van der Waals surface area contributed by atoms with Gasteiger partial charge in [0.2, 0.25) is 11.8 Å². The fraction of sp³-hybridized carbons (Fsp3) is 0.433. The van der Waals surface area contributed by atoms with Crippen molar-refractivity contribution in [1.82, 2.24) is 15.1 Å². The number of benzene rings is 2. The largest absolute Gasteiger partial charge is 0.497 e. The highest BCUT2D eigenvalue weighted by Crippen LogP contribution is 2.48. The maximum absolute atomic E-state index is 13.8. The minimum Gasteiger partial charge on any atom is -0.497 e. The Labute approximate surface area is 244 Å². The summed E-state index contributed by atoms with van der Waals surface area (Å²) in [4.78, 5) is 28.6. The van der Waals surface area contributed by atoms with Gasteiger partial charge >= 0.3 is 0 Å². The molecule has 0 saturated carbocycles. The number of nitrogens with zero attached hydrogens (tertiary/aromatic N) is 3. The predicted octanol–water partition coefficient (Wildman–Crippen LogP) is 5.30. The van der Waals surface area contributed by atoms with E-state index in [1.54, 1.807) is 16.7 Å². The molecule has 0 aliphatic carbocycles. The van der Waals surface area contributed by atoms with Gasteiger partial charge in [0.25, 0.3) is 0 Å². The molecule has 3 heterocycles. The number of hydrogen-bond donors (Lipinski definition) is 1. The Morgan fingerprint density at radius 3 is 2.65 bits per heavy atom. The quantitative estimate of drug-likeness (QED) is 0.407. The molecule has 2 aromatic carbocycles. The highest BCUT2D eigenvalue weighted by Gasteiger charge is 2.40. The number of rotatable bonds is 7. The normalized spacial score (nSPS) is 19.3. The minimum atomic E-state index is -0.347. The van der Waals surface area contributed by atoms with Crippen molar-refractivity contribution in [2.24, 2.45) is 0 Å². The van der Waals surface area contributed by atoms with E-state index in [1.807, 2.05) is 48.5 Å². The van der Waals surface area contributed by atoms with Gasteiger partial charge < -0.3 is 14.8 Å². The number of aromatic nitrogens is 2. The Bertz CT molecular complexity index is 1380. The van der Waals surface area contributed by atoms with Crippen LogP contribution in [0.5, 0.6) is 5.75 Å². The van der Waals surface area contributed by atoms with E-state index in [-0.39, 0.29) is 40.9 Å². The molecule has 1 fully saturated rings. The number of hydrogen-bond acceptors (Lipinski definition) is 6. The van der Waals surface area contributed by atoms with Crippen molar-refractivity contribution in [3.8, 4) is 11.4 Å². The molecule has 8 nitrogen and oxygen atoms in total. The number of methoxy groups -OCH3 is 1. The van der Waals surface area contributed by atoms with Crippen LogP contribution in [0.1, 0.15) is 55.7 Å². The number of anilines is 1. The second-order valence-electron chi connectivity index (χ2n) is 11.1. The maximum Gasteiger partial charge on any atom is 0.240 e. The van der Waals surface area contributed by atoms with Crippen molar-refractivity contribution in [2.45, 2.75) is 50.4 Å². The first-order valence-corrected chi connectivity index (χ1v) is 14.9. The van der Waals surface area contributed by atoms with Crippen molar-refractivity contribution >= 4 is 41.0 Å². The van der Waals surface area contributed by atoms with E-state index >= 15 is 0 Å². The third-order valence-electron chi connectivity index (χ3n) is 7.12. The molecule has 1 aromatic heterocycles. The van der Waals surface area contributed by atoms with Crippen LogP contribution in [0.15, 0.2) is 48.5 Å². The molecule has 2 aliphatic heterocycles. The smallest absolute Gasteiger partial charge is 0.240 e. The summed E-state index contributed by atoms with van der Waals surface area (Å²) in [6.45, 7) is 7.36. The first-order valence-electron chi connectivity index (χ1n) is 13.5. The van der Waals surface area contributed by atoms with E-state index in [0.29, 0.717) is 29.7 Å². The lowest BCUT2D eigenvalue weighted by Gasteiger charge is -2.25. The molecule has 0 bridgehead atoms. The number of amides is 2. The lowest BCUT2D eigenvalue weighted by Crippen LogP contribution is -2.44. The summed E-state index contributed by atoms with van der Waals surface area (Å²) in [6.07, 6.45) is 1.93. The van der Waals surface area contributed by atoms with Gasteiger partial charge in [-0.05, 0) is 54.8 Å². The molecule has 0 spiro atoms. The topological polar surface area (TPSA) is 85.7 Å². The van der Waals surface area contributed by atoms with Crippen LogP contribution in [0.4, 0.5) is 5.82 Å². The standard InChI is InChI=1S/C30H35ClN4O4S/c1-30(2,3)28-26-27(19-7-5-8-20(31)15-19)40-18-25(37)34(17-24(36)32-16-23-9-6-14-39-23)29(26)35(33-28)21-10-12-22(38-4)13-11-21/h5,7-8,10-13,15,23,27H,6,9,14,16-18H2,1-4H3,(H,32,36)/t23-,27+/m1/s1. The summed E-state index contributed by atoms with van der Waals surface area (Å²) in [5.41, 5.74) is 3.17. The average Bonchev–Trinajstić information content (AvgIpc) is 3.56. The summed E-state index contributed by atoms with van der Waals surface area (Å²) >= 11 is 7.95. The molecule has 10 heteroatoms. The van der Waals surface area contributed by atoms with Gasteiger partial charge in [0.05, 0.1) is 35.6 Å². The first kappa shape index (κ1) is 28.5. The molecule has 3 aromatic rings. The molecule has 2 amide bonds. The highest BCUT2D eigenvalue weighted by atomic mass is 35.5. The van der Waals surface area contributed by atoms with Gasteiger partial charge in [-0.15, -0.1) is 11.8 Å². The van der Waals surface area contributed by atoms with Gasteiger partial charge in [0.1, 0.15) is 18.1 Å². The molecule has 212 valence electrons. The lowest BCUT2D eigenvalue weighted by molar-refractivity contribution is -0.123. The third kappa shape index (κ3) is 6.01. The number of halogens is 1. The van der Waals surface area contributed by atoms with Gasteiger partial charge in [-0.2, -0.15) is 5.10 Å². The zero-order valence-corrected chi connectivity index (χ0v) is 24.8. The number of thioether (sulfide) groups is 1. The Hall–Kier alpha value is -3.01. The average molecular weight is 583 g/mol. The number of carbonyl (C=O) groups excluding carboxylic acids is 2. The molecule has 1 saturated heterocycles. The van der Waals surface area contributed by atoms with Crippen molar-refractivity contribution in [3.05, 3.63) is 70.4 Å². The van der Waals surface area contributed by atoms with Gasteiger partial charge in [-0.1, -0.05) is 44.5 Å². The maximum atomic E-state index is 13.8. The van der Waals surface area contributed by atoms with E-state index in [2.05, 4.69) is 26.1 Å². The van der Waals surface area contributed by atoms with E-state index in [4.69, 9.17) is 26.2 Å². The van der Waals surface area contributed by atoms with Crippen LogP contribution in [0.25, 0.3) is 5.69 Å². The van der Waals surface area contributed by atoms with Crippen molar-refractivity contribution in [2.75, 3.05) is 37.5 Å². The van der Waals surface area contributed by atoms with Crippen LogP contribution >= 0.6 is 23.4 Å². The van der Waals surface area contributed by atoms with Crippen LogP contribution < -0.4 is 15.0 Å². The molecule has 2 aliphatic rings. The Morgan fingerprint density at radius 2 is 2.00 bits per heavy atom. The molecule has 1 N–H and O–H groups in total. The van der Waals surface area contributed by atoms with Gasteiger partial charge in [0.15, 0.2) is 0 Å². The summed E-state index contributed by atoms with van der Waals surface area (Å²) < 4.78 is 12.8. The van der Waals surface area contributed by atoms with Crippen LogP contribution in [0.2, 0.25) is 5.02 Å². The SMILES string of the molecule is COc1ccc(-n2nc(C(C)(C)C)c3c2N(CC(=O)NC[C@H]2CCCO2)C(=O)CS[C@H]3c2cccc(Cl)c2)cc1. The molecule has 5 rings (SSSR count). The predicted molar refractivity (Wildman–Crippen MR) is 159 cm³/mol.